The van der Waals surface area contributed by atoms with Crippen LogP contribution in [0, 0.1) is 0 Å². The fourth-order valence-corrected chi connectivity index (χ4v) is 3.24. The van der Waals surface area contributed by atoms with E-state index in [1.807, 2.05) is 0 Å². The molecule has 2 fully saturated rings. The minimum Gasteiger partial charge on any atom is -0.424 e. The predicted molar refractivity (Wildman–Crippen MR) is 79.2 cm³/mol. The fraction of sp³-hybridized carbons (Fsp3) is 0.929. The zero-order valence-corrected chi connectivity index (χ0v) is 14.4. The molecule has 2 heterocycles. The summed E-state index contributed by atoms with van der Waals surface area (Å²) >= 11 is 0. The van der Waals surface area contributed by atoms with Crippen LogP contribution in [0.4, 0.5) is 0 Å². The van der Waals surface area contributed by atoms with Gasteiger partial charge in [0, 0.05) is 6.92 Å². The van der Waals surface area contributed by atoms with Crippen LogP contribution in [-0.4, -0.2) is 119 Å². The monoisotopic (exact) mass is 400 g/mol. The third-order valence-electron chi connectivity index (χ3n) is 4.80. The highest BCUT2D eigenvalue weighted by Crippen LogP contribution is 2.48. The van der Waals surface area contributed by atoms with E-state index in [4.69, 9.17) is 9.47 Å². The van der Waals surface area contributed by atoms with Gasteiger partial charge in [0.2, 0.25) is 0 Å². The second-order valence-electron chi connectivity index (χ2n) is 6.65. The molecular weight excluding hydrogens is 376 g/mol. The number of aliphatic hydroxyl groups is 9. The van der Waals surface area contributed by atoms with Crippen LogP contribution in [0.2, 0.25) is 0 Å². The molecule has 0 aromatic rings. The topological polar surface area (TPSA) is 227 Å². The minimum absolute atomic E-state index is 0.749. The lowest BCUT2D eigenvalue weighted by atomic mass is 9.78. The molecule has 0 aromatic carbocycles. The third kappa shape index (κ3) is 3.04. The third-order valence-corrected chi connectivity index (χ3v) is 4.80. The maximum absolute atomic E-state index is 11.4. The zero-order valence-electron chi connectivity index (χ0n) is 14.4. The lowest BCUT2D eigenvalue weighted by molar-refractivity contribution is -0.537. The first-order valence-electron chi connectivity index (χ1n) is 8.00. The largest absolute Gasteiger partial charge is 0.424 e. The van der Waals surface area contributed by atoms with E-state index in [1.165, 1.54) is 0 Å². The predicted octanol–water partition coefficient (Wildman–Crippen LogP) is -5.77. The molecule has 2 saturated heterocycles. The van der Waals surface area contributed by atoms with E-state index >= 15 is 0 Å². The van der Waals surface area contributed by atoms with Gasteiger partial charge in [-0.15, -0.1) is 0 Å². The van der Waals surface area contributed by atoms with Gasteiger partial charge in [0.15, 0.2) is 6.10 Å². The zero-order chi connectivity index (χ0) is 20.9. The van der Waals surface area contributed by atoms with Crippen molar-refractivity contribution in [3.63, 3.8) is 0 Å². The average molecular weight is 400 g/mol. The van der Waals surface area contributed by atoms with E-state index in [0.29, 0.717) is 0 Å². The summed E-state index contributed by atoms with van der Waals surface area (Å²) in [7, 11) is 0. The Hall–Kier alpha value is -0.970. The summed E-state index contributed by atoms with van der Waals surface area (Å²) in [6.45, 7) is 0.819. The Labute approximate surface area is 152 Å². The van der Waals surface area contributed by atoms with Crippen LogP contribution in [0.15, 0.2) is 0 Å². The molecule has 2 aliphatic rings. The quantitative estimate of drug-likeness (QED) is 0.159. The van der Waals surface area contributed by atoms with Crippen LogP contribution in [0.5, 0.6) is 0 Å². The first-order chi connectivity index (χ1) is 12.3. The van der Waals surface area contributed by atoms with Gasteiger partial charge < -0.3 is 60.2 Å². The summed E-state index contributed by atoms with van der Waals surface area (Å²) in [6, 6.07) is 0. The molecule has 2 rings (SSSR count). The molecule has 27 heavy (non-hydrogen) atoms. The molecule has 0 saturated carbocycles. The highest BCUT2D eigenvalue weighted by Gasteiger charge is 2.79. The average Bonchev–Trinajstić information content (AvgIpc) is 2.59. The maximum atomic E-state index is 11.4. The number of carbonyl (C=O) groups is 1. The second-order valence-corrected chi connectivity index (χ2v) is 6.65. The van der Waals surface area contributed by atoms with Crippen LogP contribution in [0.25, 0.3) is 0 Å². The van der Waals surface area contributed by atoms with E-state index in [0.717, 1.165) is 13.8 Å². The van der Waals surface area contributed by atoms with Crippen molar-refractivity contribution in [1.82, 2.24) is 0 Å². The molecule has 13 heteroatoms. The van der Waals surface area contributed by atoms with Crippen LogP contribution in [0.3, 0.4) is 0 Å². The normalized spacial score (nSPS) is 53.8. The first-order valence-corrected chi connectivity index (χ1v) is 8.00. The number of rotatable bonds is 3. The molecule has 13 nitrogen and oxygen atoms in total. The molecule has 0 radical (unpaired) electrons. The van der Waals surface area contributed by atoms with Gasteiger partial charge in [0.1, 0.15) is 30.5 Å². The molecule has 158 valence electrons. The molecule has 0 amide bonds. The van der Waals surface area contributed by atoms with Crippen molar-refractivity contribution in [2.24, 2.45) is 0 Å². The number of ether oxygens (including phenoxy) is 3. The van der Waals surface area contributed by atoms with Crippen molar-refractivity contribution in [2.45, 2.75) is 73.9 Å². The van der Waals surface area contributed by atoms with E-state index in [1.54, 1.807) is 0 Å². The SMILES string of the molecule is CC(=O)OC1(O)C(O)C(O)C(CO)OC1(O)C1(O)O[C@@H](C)[C@H](O)[C@@H](O)[C@H]1O. The number of esters is 1. The van der Waals surface area contributed by atoms with Crippen molar-refractivity contribution in [1.29, 1.82) is 0 Å². The van der Waals surface area contributed by atoms with Gasteiger partial charge in [-0.1, -0.05) is 0 Å². The number of hydrogen-bond donors (Lipinski definition) is 9. The Balaban J connectivity index is 2.64. The minimum atomic E-state index is -3.73. The molecule has 10 atom stereocenters. The Bertz CT molecular complexity index is 573. The van der Waals surface area contributed by atoms with Crippen molar-refractivity contribution in [3.05, 3.63) is 0 Å². The van der Waals surface area contributed by atoms with Crippen molar-refractivity contribution >= 4 is 5.97 Å². The summed E-state index contributed by atoms with van der Waals surface area (Å²) in [5.74, 6) is -12.2. The summed E-state index contributed by atoms with van der Waals surface area (Å²) in [5, 5.41) is 91.8. The van der Waals surface area contributed by atoms with Crippen molar-refractivity contribution in [3.8, 4) is 0 Å². The summed E-state index contributed by atoms with van der Waals surface area (Å²) in [6.07, 6.45) is -14.4. The summed E-state index contributed by atoms with van der Waals surface area (Å²) in [4.78, 5) is 11.4. The van der Waals surface area contributed by atoms with Gasteiger partial charge in [0.05, 0.1) is 12.7 Å². The highest BCUT2D eigenvalue weighted by atomic mass is 16.8. The standard InChI is InChI=1S/C14H24O13/c1-4-7(17)9(19)11(21)12(22,25-4)14(24)13(23,26-5(2)16)10(20)8(18)6(3-15)27-14/h4,6-11,15,17-24H,3H2,1-2H3/t4-,6?,7-,8?,9+,10?,11+,12?,13?,14?/m0/s1. The van der Waals surface area contributed by atoms with Gasteiger partial charge in [-0.25, -0.2) is 0 Å². The number of hydrogen-bond acceptors (Lipinski definition) is 13. The lowest BCUT2D eigenvalue weighted by Crippen LogP contribution is -2.85. The summed E-state index contributed by atoms with van der Waals surface area (Å²) in [5.41, 5.74) is 0. The highest BCUT2D eigenvalue weighted by molar-refractivity contribution is 5.66. The van der Waals surface area contributed by atoms with Crippen LogP contribution >= 0.6 is 0 Å². The number of carbonyl (C=O) groups excluding carboxylic acids is 1. The van der Waals surface area contributed by atoms with Crippen molar-refractivity contribution < 1.29 is 65.0 Å². The van der Waals surface area contributed by atoms with Crippen LogP contribution < -0.4 is 0 Å². The van der Waals surface area contributed by atoms with E-state index in [-0.39, 0.29) is 0 Å². The molecule has 0 aromatic heterocycles. The van der Waals surface area contributed by atoms with Gasteiger partial charge in [-0.05, 0) is 6.92 Å². The summed E-state index contributed by atoms with van der Waals surface area (Å²) < 4.78 is 14.4. The van der Waals surface area contributed by atoms with Gasteiger partial charge >= 0.3 is 5.97 Å². The van der Waals surface area contributed by atoms with Crippen LogP contribution in [0.1, 0.15) is 13.8 Å². The van der Waals surface area contributed by atoms with Gasteiger partial charge in [-0.2, -0.15) is 0 Å². The Kier molecular flexibility index (Phi) is 5.89. The molecule has 0 bridgehead atoms. The molecule has 0 spiro atoms. The van der Waals surface area contributed by atoms with E-state index < -0.39 is 72.7 Å². The van der Waals surface area contributed by atoms with Gasteiger partial charge in [0.25, 0.3) is 17.4 Å². The van der Waals surface area contributed by atoms with E-state index in [9.17, 15) is 50.8 Å². The van der Waals surface area contributed by atoms with E-state index in [2.05, 4.69) is 4.74 Å². The van der Waals surface area contributed by atoms with Crippen molar-refractivity contribution in [2.75, 3.05) is 6.61 Å². The Morgan fingerprint density at radius 3 is 2.00 bits per heavy atom. The molecule has 6 unspecified atom stereocenters. The number of aliphatic hydroxyl groups excluding tert-OH is 6. The smallest absolute Gasteiger partial charge is 0.305 e. The molecular formula is C14H24O13. The van der Waals surface area contributed by atoms with Crippen LogP contribution in [-0.2, 0) is 19.0 Å². The molecule has 2 aliphatic heterocycles. The Morgan fingerprint density at radius 2 is 1.52 bits per heavy atom. The first kappa shape index (κ1) is 22.3. The van der Waals surface area contributed by atoms with Gasteiger partial charge in [-0.3, -0.25) is 4.79 Å². The lowest BCUT2D eigenvalue weighted by Gasteiger charge is -2.59. The second kappa shape index (κ2) is 7.13. The Morgan fingerprint density at radius 1 is 0.963 bits per heavy atom. The molecule has 0 aliphatic carbocycles. The molecule has 9 N–H and O–H groups in total. The fourth-order valence-electron chi connectivity index (χ4n) is 3.24. The maximum Gasteiger partial charge on any atom is 0.305 e.